The molecule has 1 saturated heterocycles. The van der Waals surface area contributed by atoms with Crippen LogP contribution in [0.3, 0.4) is 0 Å². The molecule has 1 heterocycles. The summed E-state index contributed by atoms with van der Waals surface area (Å²) in [5.74, 6) is 0.375. The van der Waals surface area contributed by atoms with Gasteiger partial charge in [0, 0.05) is 19.1 Å². The normalized spacial score (nSPS) is 20.6. The summed E-state index contributed by atoms with van der Waals surface area (Å²) >= 11 is 0. The van der Waals surface area contributed by atoms with Crippen LogP contribution in [0.5, 0.6) is 0 Å². The fourth-order valence-electron chi connectivity index (χ4n) is 1.18. The number of hydrogen-bond donors (Lipinski definition) is 3. The largest absolute Gasteiger partial charge is 0.335 e. The van der Waals surface area contributed by atoms with E-state index in [1.165, 1.54) is 0 Å². The Morgan fingerprint density at radius 3 is 2.47 bits per heavy atom. The van der Waals surface area contributed by atoms with E-state index in [1.54, 1.807) is 0 Å². The van der Waals surface area contributed by atoms with E-state index in [9.17, 15) is 9.18 Å². The second kappa shape index (κ2) is 4.79. The second-order valence-electron chi connectivity index (χ2n) is 4.61. The van der Waals surface area contributed by atoms with Crippen LogP contribution in [-0.2, 0) is 0 Å². The first-order valence-electron chi connectivity index (χ1n) is 5.37. The molecule has 2 amide bonds. The van der Waals surface area contributed by atoms with Gasteiger partial charge in [0.05, 0.1) is 6.54 Å². The Kier molecular flexibility index (Phi) is 3.90. The van der Waals surface area contributed by atoms with Gasteiger partial charge in [-0.05, 0) is 12.8 Å². The lowest BCUT2D eigenvalue weighted by atomic mass is 10.00. The van der Waals surface area contributed by atoms with E-state index >= 15 is 0 Å². The van der Waals surface area contributed by atoms with Crippen molar-refractivity contribution >= 4 is 6.03 Å². The first-order chi connectivity index (χ1) is 6.93. The molecule has 1 aliphatic heterocycles. The molecular formula is C10H20FN3O. The van der Waals surface area contributed by atoms with Crippen LogP contribution in [0.2, 0.25) is 0 Å². The van der Waals surface area contributed by atoms with E-state index in [0.29, 0.717) is 19.0 Å². The van der Waals surface area contributed by atoms with Crippen LogP contribution in [0.15, 0.2) is 0 Å². The molecule has 1 atom stereocenters. The van der Waals surface area contributed by atoms with Crippen LogP contribution in [-0.4, -0.2) is 37.4 Å². The molecule has 4 nitrogen and oxygen atoms in total. The Labute approximate surface area is 90.0 Å². The minimum atomic E-state index is -1.25. The topological polar surface area (TPSA) is 53.2 Å². The minimum absolute atomic E-state index is 0.0800. The van der Waals surface area contributed by atoms with Crippen molar-refractivity contribution in [3.63, 3.8) is 0 Å². The molecule has 15 heavy (non-hydrogen) atoms. The average molecular weight is 217 g/mol. The molecule has 0 aliphatic carbocycles. The van der Waals surface area contributed by atoms with Gasteiger partial charge < -0.3 is 16.0 Å². The van der Waals surface area contributed by atoms with E-state index in [-0.39, 0.29) is 18.6 Å². The zero-order valence-electron chi connectivity index (χ0n) is 9.56. The monoisotopic (exact) mass is 217 g/mol. The Bertz CT molecular complexity index is 229. The number of carbonyl (C=O) groups is 1. The van der Waals surface area contributed by atoms with Crippen molar-refractivity contribution in [1.29, 1.82) is 0 Å². The molecule has 1 fully saturated rings. The van der Waals surface area contributed by atoms with Gasteiger partial charge in [-0.3, -0.25) is 0 Å². The molecule has 5 heteroatoms. The van der Waals surface area contributed by atoms with Gasteiger partial charge in [-0.1, -0.05) is 13.8 Å². The summed E-state index contributed by atoms with van der Waals surface area (Å²) in [6.45, 7) is 6.71. The van der Waals surface area contributed by atoms with E-state index in [1.807, 2.05) is 20.8 Å². The van der Waals surface area contributed by atoms with Crippen molar-refractivity contribution in [1.82, 2.24) is 16.0 Å². The third-order valence-electron chi connectivity index (χ3n) is 2.81. The number of nitrogens with one attached hydrogen (secondary N) is 3. The van der Waals surface area contributed by atoms with Gasteiger partial charge in [-0.25, -0.2) is 9.18 Å². The fraction of sp³-hybridized carbons (Fsp3) is 0.900. The van der Waals surface area contributed by atoms with Gasteiger partial charge in [-0.2, -0.15) is 0 Å². The van der Waals surface area contributed by atoms with E-state index < -0.39 is 5.67 Å². The molecule has 1 rings (SSSR count). The standard InChI is InChI=1S/C10H20FN3O/c1-7(2)8(3)14-9(15)13-6-10(11)4-12-5-10/h7-8,12H,4-6H2,1-3H3,(H2,13,14,15). The van der Waals surface area contributed by atoms with Crippen molar-refractivity contribution < 1.29 is 9.18 Å². The molecule has 0 saturated carbocycles. The van der Waals surface area contributed by atoms with E-state index in [4.69, 9.17) is 0 Å². The van der Waals surface area contributed by atoms with Crippen molar-refractivity contribution in [3.8, 4) is 0 Å². The summed E-state index contributed by atoms with van der Waals surface area (Å²) in [5, 5.41) is 8.15. The van der Waals surface area contributed by atoms with Crippen LogP contribution < -0.4 is 16.0 Å². The number of halogens is 1. The average Bonchev–Trinajstić information content (AvgIpc) is 2.11. The number of urea groups is 1. The highest BCUT2D eigenvalue weighted by atomic mass is 19.1. The van der Waals surface area contributed by atoms with Gasteiger partial charge in [0.15, 0.2) is 5.67 Å². The molecule has 0 spiro atoms. The summed E-state index contributed by atoms with van der Waals surface area (Å²) in [6.07, 6.45) is 0. The van der Waals surface area contributed by atoms with Gasteiger partial charge >= 0.3 is 6.03 Å². The van der Waals surface area contributed by atoms with Gasteiger partial charge in [0.2, 0.25) is 0 Å². The Morgan fingerprint density at radius 1 is 1.47 bits per heavy atom. The highest BCUT2D eigenvalue weighted by Crippen LogP contribution is 2.14. The second-order valence-corrected chi connectivity index (χ2v) is 4.61. The van der Waals surface area contributed by atoms with Crippen LogP contribution >= 0.6 is 0 Å². The highest BCUT2D eigenvalue weighted by Gasteiger charge is 2.37. The van der Waals surface area contributed by atoms with Crippen molar-refractivity contribution in [2.75, 3.05) is 19.6 Å². The molecule has 0 aromatic heterocycles. The van der Waals surface area contributed by atoms with E-state index in [2.05, 4.69) is 16.0 Å². The quantitative estimate of drug-likeness (QED) is 0.647. The predicted octanol–water partition coefficient (Wildman–Crippen LogP) is 0.642. The maximum Gasteiger partial charge on any atom is 0.315 e. The molecule has 0 bridgehead atoms. The van der Waals surface area contributed by atoms with Crippen LogP contribution in [0.25, 0.3) is 0 Å². The maximum absolute atomic E-state index is 13.5. The van der Waals surface area contributed by atoms with Gasteiger partial charge in [0.1, 0.15) is 0 Å². The lowest BCUT2D eigenvalue weighted by Gasteiger charge is -2.35. The van der Waals surface area contributed by atoms with Crippen LogP contribution in [0.4, 0.5) is 9.18 Å². The maximum atomic E-state index is 13.5. The molecule has 0 aromatic rings. The molecule has 0 radical (unpaired) electrons. The minimum Gasteiger partial charge on any atom is -0.335 e. The van der Waals surface area contributed by atoms with Gasteiger partial charge in [0.25, 0.3) is 0 Å². The Balaban J connectivity index is 2.18. The lowest BCUT2D eigenvalue weighted by Crippen LogP contribution is -2.62. The number of hydrogen-bond acceptors (Lipinski definition) is 2. The molecular weight excluding hydrogens is 197 g/mol. The zero-order valence-corrected chi connectivity index (χ0v) is 9.56. The first-order valence-corrected chi connectivity index (χ1v) is 5.37. The smallest absolute Gasteiger partial charge is 0.315 e. The van der Waals surface area contributed by atoms with Crippen molar-refractivity contribution in [3.05, 3.63) is 0 Å². The van der Waals surface area contributed by atoms with Gasteiger partial charge in [-0.15, -0.1) is 0 Å². The number of amides is 2. The third kappa shape index (κ3) is 3.66. The highest BCUT2D eigenvalue weighted by molar-refractivity contribution is 5.74. The first kappa shape index (κ1) is 12.2. The van der Waals surface area contributed by atoms with Crippen molar-refractivity contribution in [2.45, 2.75) is 32.5 Å². The Hall–Kier alpha value is -0.840. The van der Waals surface area contributed by atoms with Crippen molar-refractivity contribution in [2.24, 2.45) is 5.92 Å². The SMILES string of the molecule is CC(C)C(C)NC(=O)NCC1(F)CNC1. The molecule has 0 aromatic carbocycles. The molecule has 1 unspecified atom stereocenters. The third-order valence-corrected chi connectivity index (χ3v) is 2.81. The van der Waals surface area contributed by atoms with E-state index in [0.717, 1.165) is 0 Å². The van der Waals surface area contributed by atoms with Crippen LogP contribution in [0.1, 0.15) is 20.8 Å². The Morgan fingerprint density at radius 2 is 2.07 bits per heavy atom. The number of alkyl halides is 1. The number of rotatable bonds is 4. The van der Waals surface area contributed by atoms with Crippen LogP contribution in [0, 0.1) is 5.92 Å². The summed E-state index contributed by atoms with van der Waals surface area (Å²) < 4.78 is 13.5. The summed E-state index contributed by atoms with van der Waals surface area (Å²) in [4.78, 5) is 11.3. The summed E-state index contributed by atoms with van der Waals surface area (Å²) in [5.41, 5.74) is -1.25. The zero-order chi connectivity index (χ0) is 11.5. The predicted molar refractivity (Wildman–Crippen MR) is 57.5 cm³/mol. The summed E-state index contributed by atoms with van der Waals surface area (Å²) in [6, 6.07) is -0.194. The lowest BCUT2D eigenvalue weighted by molar-refractivity contribution is 0.0916. The number of carbonyl (C=O) groups excluding carboxylic acids is 1. The summed E-state index contributed by atoms with van der Waals surface area (Å²) in [7, 11) is 0. The molecule has 1 aliphatic rings. The fourth-order valence-corrected chi connectivity index (χ4v) is 1.18. The molecule has 3 N–H and O–H groups in total. The molecule has 88 valence electrons.